The lowest BCUT2D eigenvalue weighted by Gasteiger charge is -1.99. The van der Waals surface area contributed by atoms with Crippen LogP contribution in [-0.4, -0.2) is 5.24 Å². The highest BCUT2D eigenvalue weighted by molar-refractivity contribution is 6.68. The summed E-state index contributed by atoms with van der Waals surface area (Å²) in [6, 6.07) is 6.27. The number of hydrogen-bond acceptors (Lipinski definition) is 3. The fourth-order valence-corrected chi connectivity index (χ4v) is 0.923. The van der Waals surface area contributed by atoms with Gasteiger partial charge in [-0.15, -0.1) is 5.26 Å². The molecule has 0 heterocycles. The highest BCUT2D eigenvalue weighted by atomic mass is 35.5. The molecular weight excluding hydrogens is 178 g/mol. The minimum absolute atomic E-state index is 0.181. The van der Waals surface area contributed by atoms with Crippen molar-refractivity contribution in [2.24, 2.45) is 0 Å². The molecule has 0 aliphatic rings. The van der Waals surface area contributed by atoms with Gasteiger partial charge in [0.2, 0.25) is 0 Å². The standard InChI is InChI=1S/C8H4ClNO2/c9-8(11)6-3-1-2-4-7(6)12-5-10/h1-4H. The van der Waals surface area contributed by atoms with Crippen molar-refractivity contribution in [2.45, 2.75) is 0 Å². The summed E-state index contributed by atoms with van der Waals surface area (Å²) in [6.45, 7) is 0. The van der Waals surface area contributed by atoms with E-state index in [1.165, 1.54) is 18.4 Å². The summed E-state index contributed by atoms with van der Waals surface area (Å²) in [7, 11) is 0. The summed E-state index contributed by atoms with van der Waals surface area (Å²) in [5, 5.41) is 7.56. The summed E-state index contributed by atoms with van der Waals surface area (Å²) in [4.78, 5) is 10.7. The van der Waals surface area contributed by atoms with Gasteiger partial charge in [0.15, 0.2) is 5.75 Å². The molecule has 1 rings (SSSR count). The lowest BCUT2D eigenvalue weighted by atomic mass is 10.2. The number of para-hydroxylation sites is 1. The molecule has 0 saturated heterocycles. The summed E-state index contributed by atoms with van der Waals surface area (Å²) in [5.74, 6) is 0.181. The predicted octanol–water partition coefficient (Wildman–Crippen LogP) is 1.93. The van der Waals surface area contributed by atoms with Crippen LogP contribution in [0.5, 0.6) is 5.75 Å². The lowest BCUT2D eigenvalue weighted by Crippen LogP contribution is -1.93. The van der Waals surface area contributed by atoms with Crippen LogP contribution >= 0.6 is 11.6 Å². The fraction of sp³-hybridized carbons (Fsp3) is 0. The Bertz CT molecular complexity index is 343. The number of hydrogen-bond donors (Lipinski definition) is 0. The molecular formula is C8H4ClNO2. The average Bonchev–Trinajstić information content (AvgIpc) is 2.05. The normalized spacial score (nSPS) is 8.67. The molecule has 0 unspecified atom stereocenters. The fourth-order valence-electron chi connectivity index (χ4n) is 0.767. The molecule has 0 saturated carbocycles. The lowest BCUT2D eigenvalue weighted by molar-refractivity contribution is 0.107. The van der Waals surface area contributed by atoms with E-state index < -0.39 is 5.24 Å². The van der Waals surface area contributed by atoms with Crippen molar-refractivity contribution in [1.82, 2.24) is 0 Å². The largest absolute Gasteiger partial charge is 0.387 e. The predicted molar refractivity (Wildman–Crippen MR) is 42.9 cm³/mol. The van der Waals surface area contributed by atoms with Crippen molar-refractivity contribution in [3.8, 4) is 12.0 Å². The molecule has 0 spiro atoms. The van der Waals surface area contributed by atoms with Gasteiger partial charge in [0.25, 0.3) is 11.5 Å². The van der Waals surface area contributed by atoms with Crippen LogP contribution in [0.15, 0.2) is 24.3 Å². The molecule has 0 radical (unpaired) electrons. The van der Waals surface area contributed by atoms with E-state index in [0.717, 1.165) is 0 Å². The van der Waals surface area contributed by atoms with Crippen molar-refractivity contribution in [2.75, 3.05) is 0 Å². The molecule has 0 aliphatic carbocycles. The third-order valence-corrected chi connectivity index (χ3v) is 1.46. The van der Waals surface area contributed by atoms with Gasteiger partial charge in [-0.25, -0.2) is 0 Å². The Labute approximate surface area is 74.1 Å². The number of carbonyl (C=O) groups excluding carboxylic acids is 1. The van der Waals surface area contributed by atoms with Gasteiger partial charge in [-0.1, -0.05) is 12.1 Å². The number of halogens is 1. The quantitative estimate of drug-likeness (QED) is 0.518. The molecule has 1 aromatic rings. The van der Waals surface area contributed by atoms with E-state index in [4.69, 9.17) is 16.9 Å². The number of benzene rings is 1. The van der Waals surface area contributed by atoms with Crippen LogP contribution in [0.2, 0.25) is 0 Å². The van der Waals surface area contributed by atoms with Gasteiger partial charge in [0.05, 0.1) is 5.56 Å². The zero-order chi connectivity index (χ0) is 8.97. The maximum atomic E-state index is 10.7. The van der Waals surface area contributed by atoms with Gasteiger partial charge in [0, 0.05) is 0 Å². The van der Waals surface area contributed by atoms with Gasteiger partial charge < -0.3 is 4.74 Å². The monoisotopic (exact) mass is 181 g/mol. The maximum absolute atomic E-state index is 10.7. The maximum Gasteiger partial charge on any atom is 0.292 e. The average molecular weight is 182 g/mol. The summed E-state index contributed by atoms with van der Waals surface area (Å²) < 4.78 is 4.50. The summed E-state index contributed by atoms with van der Waals surface area (Å²) in [6.07, 6.45) is 1.47. The van der Waals surface area contributed by atoms with E-state index in [-0.39, 0.29) is 11.3 Å². The first-order valence-corrected chi connectivity index (χ1v) is 3.48. The highest BCUT2D eigenvalue weighted by Gasteiger charge is 2.08. The van der Waals surface area contributed by atoms with Gasteiger partial charge in [-0.05, 0) is 23.7 Å². The van der Waals surface area contributed by atoms with Crippen molar-refractivity contribution in [1.29, 1.82) is 5.26 Å². The first-order chi connectivity index (χ1) is 5.75. The Morgan fingerprint density at radius 2 is 2.17 bits per heavy atom. The highest BCUT2D eigenvalue weighted by Crippen LogP contribution is 2.19. The molecule has 0 atom stereocenters. The molecule has 0 aromatic heterocycles. The van der Waals surface area contributed by atoms with E-state index in [1.54, 1.807) is 12.1 Å². The van der Waals surface area contributed by atoms with E-state index in [0.29, 0.717) is 0 Å². The number of rotatable bonds is 2. The van der Waals surface area contributed by atoms with Crippen molar-refractivity contribution < 1.29 is 9.53 Å². The number of nitrogens with zero attached hydrogens (tertiary/aromatic N) is 1. The second-order valence-corrected chi connectivity index (χ2v) is 2.31. The van der Waals surface area contributed by atoms with Crippen LogP contribution < -0.4 is 4.74 Å². The second-order valence-electron chi connectivity index (χ2n) is 1.96. The second kappa shape index (κ2) is 3.74. The molecule has 0 fully saturated rings. The van der Waals surface area contributed by atoms with Crippen molar-refractivity contribution in [3.63, 3.8) is 0 Å². The third-order valence-electron chi connectivity index (χ3n) is 1.25. The molecule has 3 nitrogen and oxygen atoms in total. The van der Waals surface area contributed by atoms with E-state index in [1.807, 2.05) is 0 Å². The van der Waals surface area contributed by atoms with E-state index >= 15 is 0 Å². The molecule has 60 valence electrons. The Morgan fingerprint density at radius 3 is 2.75 bits per heavy atom. The molecule has 0 bridgehead atoms. The Hall–Kier alpha value is -1.53. The number of nitriles is 1. The van der Waals surface area contributed by atoms with E-state index in [9.17, 15) is 4.79 Å². The Morgan fingerprint density at radius 1 is 1.50 bits per heavy atom. The van der Waals surface area contributed by atoms with Gasteiger partial charge in [0.1, 0.15) is 0 Å². The number of carbonyl (C=O) groups is 1. The van der Waals surface area contributed by atoms with Crippen LogP contribution in [0.4, 0.5) is 0 Å². The third kappa shape index (κ3) is 1.74. The van der Waals surface area contributed by atoms with Crippen LogP contribution in [0, 0.1) is 11.5 Å². The van der Waals surface area contributed by atoms with Gasteiger partial charge in [-0.2, -0.15) is 0 Å². The topological polar surface area (TPSA) is 50.1 Å². The van der Waals surface area contributed by atoms with Gasteiger partial charge >= 0.3 is 0 Å². The summed E-state index contributed by atoms with van der Waals surface area (Å²) in [5.41, 5.74) is 0.195. The minimum Gasteiger partial charge on any atom is -0.387 e. The number of ether oxygens (including phenoxy) is 1. The minimum atomic E-state index is -0.638. The molecule has 12 heavy (non-hydrogen) atoms. The first-order valence-electron chi connectivity index (χ1n) is 3.10. The zero-order valence-corrected chi connectivity index (χ0v) is 6.71. The smallest absolute Gasteiger partial charge is 0.292 e. The molecule has 4 heteroatoms. The van der Waals surface area contributed by atoms with Crippen LogP contribution in [0.1, 0.15) is 10.4 Å². The van der Waals surface area contributed by atoms with E-state index in [2.05, 4.69) is 4.74 Å². The van der Waals surface area contributed by atoms with Crippen LogP contribution in [0.25, 0.3) is 0 Å². The molecule has 0 amide bonds. The van der Waals surface area contributed by atoms with Crippen molar-refractivity contribution >= 4 is 16.8 Å². The SMILES string of the molecule is N#COc1ccccc1C(=O)Cl. The summed E-state index contributed by atoms with van der Waals surface area (Å²) >= 11 is 5.22. The molecule has 1 aromatic carbocycles. The Balaban J connectivity index is 3.10. The van der Waals surface area contributed by atoms with Crippen LogP contribution in [-0.2, 0) is 0 Å². The van der Waals surface area contributed by atoms with Crippen LogP contribution in [0.3, 0.4) is 0 Å². The Kier molecular flexibility index (Phi) is 2.67. The van der Waals surface area contributed by atoms with Gasteiger partial charge in [-0.3, -0.25) is 4.79 Å². The zero-order valence-electron chi connectivity index (χ0n) is 5.95. The first kappa shape index (κ1) is 8.57. The molecule has 0 aliphatic heterocycles. The molecule has 0 N–H and O–H groups in total. The van der Waals surface area contributed by atoms with Crippen molar-refractivity contribution in [3.05, 3.63) is 29.8 Å².